The van der Waals surface area contributed by atoms with E-state index in [0.717, 1.165) is 11.3 Å². The van der Waals surface area contributed by atoms with E-state index < -0.39 is 48.3 Å². The van der Waals surface area contributed by atoms with Gasteiger partial charge in [0.25, 0.3) is 0 Å². The second-order valence-corrected chi connectivity index (χ2v) is 16.8. The van der Waals surface area contributed by atoms with E-state index in [1.807, 2.05) is 43.0 Å². The molecule has 0 spiro atoms. The van der Waals surface area contributed by atoms with Crippen molar-refractivity contribution >= 4 is 29.4 Å². The minimum atomic E-state index is -4.03. The van der Waals surface area contributed by atoms with Crippen molar-refractivity contribution in [2.75, 3.05) is 65.1 Å². The maximum absolute atomic E-state index is 13.8. The van der Waals surface area contributed by atoms with E-state index >= 15 is 0 Å². The average Bonchev–Trinajstić information content (AvgIpc) is 3.69. The molecule has 2 heterocycles. The number of hydrogen-bond acceptors (Lipinski definition) is 12. The molecule has 2 aromatic rings. The molecule has 2 aliphatic heterocycles. The van der Waals surface area contributed by atoms with Crippen molar-refractivity contribution in [2.24, 2.45) is 11.8 Å². The summed E-state index contributed by atoms with van der Waals surface area (Å²) in [7, 11) is -4.04. The van der Waals surface area contributed by atoms with E-state index in [1.54, 1.807) is 33.0 Å². The summed E-state index contributed by atoms with van der Waals surface area (Å²) in [6, 6.07) is 12.4. The van der Waals surface area contributed by atoms with Gasteiger partial charge in [-0.05, 0) is 68.1 Å². The Morgan fingerprint density at radius 1 is 1.02 bits per heavy atom. The SMILES string of the molecule is CCOP(=O)(Cc1ccc(N(C)C[C@H](NC(=O)O[C@H]2CO[C@H]3OCC[C@H]32)[C@H](O)CN(CC(C)C)S(=O)(=O)c2ccc(OC)cc2)cc1)OCC.[CH3-].[Pd]. The fourth-order valence-electron chi connectivity index (χ4n) is 6.05. The van der Waals surface area contributed by atoms with Gasteiger partial charge >= 0.3 is 13.7 Å². The van der Waals surface area contributed by atoms with Crippen LogP contribution in [-0.4, -0.2) is 109 Å². The molecule has 2 aromatic carbocycles. The van der Waals surface area contributed by atoms with Gasteiger partial charge in [0, 0.05) is 52.8 Å². The summed E-state index contributed by atoms with van der Waals surface area (Å²) in [5.41, 5.74) is 1.50. The number of aliphatic hydroxyl groups excluding tert-OH is 1. The van der Waals surface area contributed by atoms with Crippen LogP contribution in [0.2, 0.25) is 0 Å². The number of anilines is 1. The Labute approximate surface area is 323 Å². The number of alkyl carbamates (subject to hydrolysis) is 1. The monoisotopic (exact) mass is 862 g/mol. The van der Waals surface area contributed by atoms with E-state index in [2.05, 4.69) is 5.32 Å². The minimum absolute atomic E-state index is 0. The second-order valence-electron chi connectivity index (χ2n) is 12.8. The summed E-state index contributed by atoms with van der Waals surface area (Å²) in [6.07, 6.45) is -2.20. The van der Waals surface area contributed by atoms with Gasteiger partial charge in [0.2, 0.25) is 10.0 Å². The molecule has 0 bridgehead atoms. The molecule has 0 aliphatic carbocycles. The number of nitrogens with zero attached hydrogens (tertiary/aromatic N) is 2. The van der Waals surface area contributed by atoms with Crippen LogP contribution in [0.25, 0.3) is 0 Å². The van der Waals surface area contributed by atoms with Crippen molar-refractivity contribution in [3.8, 4) is 5.75 Å². The largest absolute Gasteiger partial charge is 0.497 e. The van der Waals surface area contributed by atoms with E-state index in [0.29, 0.717) is 18.8 Å². The summed E-state index contributed by atoms with van der Waals surface area (Å²) in [4.78, 5) is 15.2. The number of aliphatic hydroxyl groups is 1. The Kier molecular flexibility index (Phi) is 18.7. The predicted octanol–water partition coefficient (Wildman–Crippen LogP) is 4.91. The number of likely N-dealkylation sites (N-methyl/N-ethyl adjacent to an activating group) is 1. The molecule has 0 aromatic heterocycles. The zero-order chi connectivity index (χ0) is 36.5. The molecule has 4 rings (SSSR count). The molecule has 2 N–H and O–H groups in total. The molecular formula is C35H55N3O11PPdS-. The van der Waals surface area contributed by atoms with E-state index in [-0.39, 0.29) is 90.2 Å². The third-order valence-electron chi connectivity index (χ3n) is 8.54. The average molecular weight is 863 g/mol. The molecular weight excluding hydrogens is 808 g/mol. The van der Waals surface area contributed by atoms with Crippen LogP contribution in [0.4, 0.5) is 10.5 Å². The molecule has 5 atom stereocenters. The van der Waals surface area contributed by atoms with Crippen molar-refractivity contribution in [3.63, 3.8) is 0 Å². The fraction of sp³-hybridized carbons (Fsp3) is 0.600. The first-order chi connectivity index (χ1) is 23.8. The van der Waals surface area contributed by atoms with E-state index in [4.69, 9.17) is 28.0 Å². The topological polar surface area (TPSA) is 162 Å². The van der Waals surface area contributed by atoms with Gasteiger partial charge in [0.05, 0.1) is 62.7 Å². The number of hydrogen-bond donors (Lipinski definition) is 2. The second kappa shape index (κ2) is 21.1. The quantitative estimate of drug-likeness (QED) is 0.112. The standard InChI is InChI=1S/C34H52N3O11PS.CH3.Pd/c1-7-46-49(40,47-8-2)23-25-9-11-26(12-10-25)36(5)20-30(35-34(39)48-32-22-45-33-29(32)17-18-44-33)31(38)21-37(19-24(3)4)50(41,42)28-15-13-27(43-6)14-16-28;;/h9-16,24,29-33,38H,7-8,17-23H2,1-6H3,(H,35,39);1H3;/q;-1;/t29-,30-,31+,32-,33+;;/m0../s1. The Balaban J connectivity index is 0.00000468. The van der Waals surface area contributed by atoms with Gasteiger partial charge in [0.15, 0.2) is 6.29 Å². The van der Waals surface area contributed by atoms with E-state index in [9.17, 15) is 22.9 Å². The molecule has 2 saturated heterocycles. The zero-order valence-corrected chi connectivity index (χ0v) is 34.3. The number of amides is 1. The predicted molar refractivity (Wildman–Crippen MR) is 194 cm³/mol. The van der Waals surface area contributed by atoms with Crippen LogP contribution in [0.3, 0.4) is 0 Å². The van der Waals surface area contributed by atoms with Crippen LogP contribution in [0.1, 0.15) is 39.7 Å². The summed E-state index contributed by atoms with van der Waals surface area (Å²) in [6.45, 7) is 8.47. The summed E-state index contributed by atoms with van der Waals surface area (Å²) in [5.74, 6) is 0.374. The van der Waals surface area contributed by atoms with Crippen molar-refractivity contribution < 1.29 is 71.3 Å². The van der Waals surface area contributed by atoms with Crippen LogP contribution in [0, 0.1) is 19.3 Å². The smallest absolute Gasteiger partial charge is 0.407 e. The number of nitrogens with one attached hydrogen (secondary N) is 1. The van der Waals surface area contributed by atoms with Crippen molar-refractivity contribution in [1.82, 2.24) is 9.62 Å². The molecule has 0 radical (unpaired) electrons. The zero-order valence-electron chi connectivity index (χ0n) is 31.0. The van der Waals surface area contributed by atoms with Gasteiger partial charge in [-0.2, -0.15) is 4.31 Å². The Morgan fingerprint density at radius 2 is 1.65 bits per heavy atom. The first kappa shape index (κ1) is 46.1. The van der Waals surface area contributed by atoms with Crippen molar-refractivity contribution in [3.05, 3.63) is 61.5 Å². The number of fused-ring (bicyclic) bond motifs is 1. The van der Waals surface area contributed by atoms with Crippen molar-refractivity contribution in [2.45, 2.75) is 69.7 Å². The molecule has 2 fully saturated rings. The number of ether oxygens (including phenoxy) is 4. The normalized spacial score (nSPS) is 19.7. The van der Waals surface area contributed by atoms with Gasteiger partial charge < -0.3 is 50.7 Å². The van der Waals surface area contributed by atoms with Gasteiger partial charge in [-0.15, -0.1) is 0 Å². The number of sulfonamides is 1. The molecule has 0 unspecified atom stereocenters. The van der Waals surface area contributed by atoms with Gasteiger partial charge in [-0.1, -0.05) is 26.0 Å². The van der Waals surface area contributed by atoms with Gasteiger partial charge in [-0.3, -0.25) is 4.57 Å². The Hall–Kier alpha value is -2.09. The van der Waals surface area contributed by atoms with Gasteiger partial charge in [0.1, 0.15) is 11.9 Å². The van der Waals surface area contributed by atoms with Crippen LogP contribution in [0.5, 0.6) is 5.75 Å². The van der Waals surface area contributed by atoms with Crippen LogP contribution in [0.15, 0.2) is 53.4 Å². The third kappa shape index (κ3) is 12.5. The molecule has 1 amide bonds. The molecule has 0 saturated carbocycles. The molecule has 52 heavy (non-hydrogen) atoms. The summed E-state index contributed by atoms with van der Waals surface area (Å²) < 4.78 is 74.9. The minimum Gasteiger partial charge on any atom is -0.497 e. The number of benzene rings is 2. The van der Waals surface area contributed by atoms with Crippen LogP contribution in [-0.2, 0) is 64.4 Å². The number of methoxy groups -OCH3 is 1. The van der Waals surface area contributed by atoms with Crippen LogP contribution >= 0.6 is 7.60 Å². The fourth-order valence-corrected chi connectivity index (χ4v) is 9.37. The first-order valence-electron chi connectivity index (χ1n) is 17.0. The van der Waals surface area contributed by atoms with Crippen LogP contribution < -0.4 is 15.0 Å². The number of carbonyl (C=O) groups excluding carboxylic acids is 1. The van der Waals surface area contributed by atoms with Crippen molar-refractivity contribution in [1.29, 1.82) is 0 Å². The number of rotatable bonds is 19. The Bertz CT molecular complexity index is 1530. The summed E-state index contributed by atoms with van der Waals surface area (Å²) >= 11 is 0. The first-order valence-corrected chi connectivity index (χ1v) is 20.2. The molecule has 14 nitrogen and oxygen atoms in total. The molecule has 2 aliphatic rings. The van der Waals surface area contributed by atoms with E-state index in [1.165, 1.54) is 23.5 Å². The molecule has 17 heteroatoms. The maximum Gasteiger partial charge on any atom is 0.407 e. The third-order valence-corrected chi connectivity index (χ3v) is 12.4. The number of carbonyl (C=O) groups is 1. The molecule has 298 valence electrons. The summed E-state index contributed by atoms with van der Waals surface area (Å²) in [5, 5.41) is 14.5. The maximum atomic E-state index is 13.8. The van der Waals surface area contributed by atoms with Gasteiger partial charge in [-0.25, -0.2) is 13.2 Å². The Morgan fingerprint density at radius 3 is 2.23 bits per heavy atom.